The van der Waals surface area contributed by atoms with Crippen LogP contribution in [0, 0.1) is 6.92 Å². The highest BCUT2D eigenvalue weighted by Gasteiger charge is 2.11. The van der Waals surface area contributed by atoms with Crippen LogP contribution in [-0.2, 0) is 6.54 Å². The molecule has 0 unspecified atom stereocenters. The molecule has 0 bridgehead atoms. The van der Waals surface area contributed by atoms with Crippen LogP contribution < -0.4 is 11.1 Å². The summed E-state index contributed by atoms with van der Waals surface area (Å²) < 4.78 is 0. The van der Waals surface area contributed by atoms with Gasteiger partial charge in [0.1, 0.15) is 0 Å². The van der Waals surface area contributed by atoms with Crippen LogP contribution in [-0.4, -0.2) is 10.9 Å². The lowest BCUT2D eigenvalue weighted by Gasteiger charge is -2.12. The molecule has 122 valence electrons. The summed E-state index contributed by atoms with van der Waals surface area (Å²) in [7, 11) is 0. The number of fused-ring (bicyclic) bond motifs is 1. The average Bonchev–Trinajstić information content (AvgIpc) is 2.54. The van der Waals surface area contributed by atoms with Crippen LogP contribution in [0.15, 0.2) is 42.5 Å². The Hall–Kier alpha value is -2.30. The van der Waals surface area contributed by atoms with E-state index in [2.05, 4.69) is 10.3 Å². The fourth-order valence-electron chi connectivity index (χ4n) is 2.57. The summed E-state index contributed by atoms with van der Waals surface area (Å²) in [6.07, 6.45) is 0. The first-order chi connectivity index (χ1) is 11.5. The number of amides is 1. The lowest BCUT2D eigenvalue weighted by Crippen LogP contribution is -2.12. The first kappa shape index (κ1) is 16.6. The molecule has 0 aliphatic rings. The molecule has 0 saturated heterocycles. The standard InChI is InChI=1S/C18H15Cl2N3O/c1-10-7-16(22-9-11-5-6-14(19)15(20)8-11)12-3-2-4-13(18(21)24)17(12)23-10/h2-8H,9H2,1H3,(H2,21,24)(H,22,23). The summed E-state index contributed by atoms with van der Waals surface area (Å²) in [4.78, 5) is 16.1. The van der Waals surface area contributed by atoms with Crippen LogP contribution >= 0.6 is 23.2 Å². The van der Waals surface area contributed by atoms with Crippen LogP contribution in [0.25, 0.3) is 10.9 Å². The minimum Gasteiger partial charge on any atom is -0.380 e. The highest BCUT2D eigenvalue weighted by atomic mass is 35.5. The predicted molar refractivity (Wildman–Crippen MR) is 98.8 cm³/mol. The number of hydrogen-bond acceptors (Lipinski definition) is 3. The zero-order valence-corrected chi connectivity index (χ0v) is 14.4. The van der Waals surface area contributed by atoms with E-state index in [0.29, 0.717) is 27.7 Å². The number of primary amides is 1. The van der Waals surface area contributed by atoms with Crippen LogP contribution in [0.4, 0.5) is 5.69 Å². The van der Waals surface area contributed by atoms with Gasteiger partial charge in [-0.3, -0.25) is 9.78 Å². The van der Waals surface area contributed by atoms with Gasteiger partial charge >= 0.3 is 0 Å². The van der Waals surface area contributed by atoms with E-state index in [0.717, 1.165) is 22.3 Å². The van der Waals surface area contributed by atoms with Gasteiger partial charge < -0.3 is 11.1 Å². The molecule has 3 N–H and O–H groups in total. The molecule has 4 nitrogen and oxygen atoms in total. The topological polar surface area (TPSA) is 68.0 Å². The first-order valence-corrected chi connectivity index (χ1v) is 8.09. The molecule has 0 saturated carbocycles. The smallest absolute Gasteiger partial charge is 0.250 e. The van der Waals surface area contributed by atoms with E-state index in [1.165, 1.54) is 0 Å². The van der Waals surface area contributed by atoms with Crippen molar-refractivity contribution in [2.24, 2.45) is 5.73 Å². The highest BCUT2D eigenvalue weighted by Crippen LogP contribution is 2.27. The van der Waals surface area contributed by atoms with Crippen molar-refractivity contribution in [3.8, 4) is 0 Å². The molecule has 6 heteroatoms. The number of benzene rings is 2. The number of pyridine rings is 1. The fourth-order valence-corrected chi connectivity index (χ4v) is 2.89. The van der Waals surface area contributed by atoms with E-state index in [4.69, 9.17) is 28.9 Å². The maximum atomic E-state index is 11.6. The van der Waals surface area contributed by atoms with Gasteiger partial charge in [0.25, 0.3) is 5.91 Å². The average molecular weight is 360 g/mol. The number of halogens is 2. The summed E-state index contributed by atoms with van der Waals surface area (Å²) in [5.41, 5.74) is 9.14. The second-order valence-electron chi connectivity index (χ2n) is 5.48. The zero-order valence-electron chi connectivity index (χ0n) is 12.9. The molecule has 1 amide bonds. The Morgan fingerprint density at radius 1 is 1.17 bits per heavy atom. The van der Waals surface area contributed by atoms with Crippen molar-refractivity contribution < 1.29 is 4.79 Å². The van der Waals surface area contributed by atoms with E-state index < -0.39 is 5.91 Å². The quantitative estimate of drug-likeness (QED) is 0.717. The van der Waals surface area contributed by atoms with Gasteiger partial charge in [0, 0.05) is 23.3 Å². The minimum absolute atomic E-state index is 0.411. The maximum Gasteiger partial charge on any atom is 0.250 e. The molecule has 3 rings (SSSR count). The van der Waals surface area contributed by atoms with Gasteiger partial charge in [-0.15, -0.1) is 0 Å². The first-order valence-electron chi connectivity index (χ1n) is 7.33. The van der Waals surface area contributed by atoms with Gasteiger partial charge in [0.2, 0.25) is 0 Å². The van der Waals surface area contributed by atoms with Crippen LogP contribution in [0.1, 0.15) is 21.6 Å². The summed E-state index contributed by atoms with van der Waals surface area (Å²) in [6.45, 7) is 2.44. The van der Waals surface area contributed by atoms with Crippen molar-refractivity contribution >= 4 is 45.7 Å². The van der Waals surface area contributed by atoms with Crippen molar-refractivity contribution in [2.45, 2.75) is 13.5 Å². The zero-order chi connectivity index (χ0) is 17.3. The number of aryl methyl sites for hydroxylation is 1. The molecular weight excluding hydrogens is 345 g/mol. The number of nitrogens with one attached hydrogen (secondary N) is 1. The summed E-state index contributed by atoms with van der Waals surface area (Å²) in [6, 6.07) is 12.8. The molecule has 3 aromatic rings. The van der Waals surface area contributed by atoms with E-state index in [-0.39, 0.29) is 0 Å². The second-order valence-corrected chi connectivity index (χ2v) is 6.29. The lowest BCUT2D eigenvalue weighted by atomic mass is 10.1. The van der Waals surface area contributed by atoms with Crippen molar-refractivity contribution in [1.82, 2.24) is 4.98 Å². The summed E-state index contributed by atoms with van der Waals surface area (Å²) in [5, 5.41) is 5.25. The van der Waals surface area contributed by atoms with Crippen molar-refractivity contribution in [2.75, 3.05) is 5.32 Å². The van der Waals surface area contributed by atoms with Crippen molar-refractivity contribution in [3.63, 3.8) is 0 Å². The molecule has 0 spiro atoms. The van der Waals surface area contributed by atoms with E-state index >= 15 is 0 Å². The summed E-state index contributed by atoms with van der Waals surface area (Å²) in [5.74, 6) is -0.492. The third kappa shape index (κ3) is 3.30. The van der Waals surface area contributed by atoms with Crippen LogP contribution in [0.2, 0.25) is 10.0 Å². The minimum atomic E-state index is -0.492. The number of para-hydroxylation sites is 1. The number of nitrogens with zero attached hydrogens (tertiary/aromatic N) is 1. The number of nitrogens with two attached hydrogens (primary N) is 1. The predicted octanol–water partition coefficient (Wildman–Crippen LogP) is 4.56. The van der Waals surface area contributed by atoms with Gasteiger partial charge in [0.05, 0.1) is 21.1 Å². The number of rotatable bonds is 4. The Kier molecular flexibility index (Phi) is 4.60. The molecule has 24 heavy (non-hydrogen) atoms. The molecular formula is C18H15Cl2N3O. The van der Waals surface area contributed by atoms with Gasteiger partial charge in [0.15, 0.2) is 0 Å². The SMILES string of the molecule is Cc1cc(NCc2ccc(Cl)c(Cl)c2)c2cccc(C(N)=O)c2n1. The Morgan fingerprint density at radius 2 is 1.96 bits per heavy atom. The fraction of sp³-hybridized carbons (Fsp3) is 0.111. The number of aromatic nitrogens is 1. The molecule has 0 fully saturated rings. The van der Waals surface area contributed by atoms with Gasteiger partial charge in [-0.25, -0.2) is 0 Å². The number of anilines is 1. The Morgan fingerprint density at radius 3 is 2.67 bits per heavy atom. The highest BCUT2D eigenvalue weighted by molar-refractivity contribution is 6.42. The van der Waals surface area contributed by atoms with Crippen molar-refractivity contribution in [3.05, 3.63) is 69.3 Å². The third-order valence-corrected chi connectivity index (χ3v) is 4.44. The van der Waals surface area contributed by atoms with Gasteiger partial charge in [-0.1, -0.05) is 41.4 Å². The summed E-state index contributed by atoms with van der Waals surface area (Å²) >= 11 is 12.0. The Balaban J connectivity index is 1.98. The molecule has 1 heterocycles. The van der Waals surface area contributed by atoms with Crippen molar-refractivity contribution in [1.29, 1.82) is 0 Å². The number of carbonyl (C=O) groups is 1. The van der Waals surface area contributed by atoms with Crippen LogP contribution in [0.5, 0.6) is 0 Å². The molecule has 1 aromatic heterocycles. The lowest BCUT2D eigenvalue weighted by molar-refractivity contribution is 0.100. The number of carbonyl (C=O) groups excluding carboxylic acids is 1. The maximum absolute atomic E-state index is 11.6. The molecule has 0 aliphatic heterocycles. The molecule has 0 aliphatic carbocycles. The van der Waals surface area contributed by atoms with E-state index in [9.17, 15) is 4.79 Å². The Bertz CT molecular complexity index is 941. The van der Waals surface area contributed by atoms with Crippen LogP contribution in [0.3, 0.4) is 0 Å². The van der Waals surface area contributed by atoms with E-state index in [1.54, 1.807) is 18.2 Å². The van der Waals surface area contributed by atoms with Gasteiger partial charge in [-0.2, -0.15) is 0 Å². The monoisotopic (exact) mass is 359 g/mol. The Labute approximate surface area is 149 Å². The normalized spacial score (nSPS) is 10.8. The number of hydrogen-bond donors (Lipinski definition) is 2. The second kappa shape index (κ2) is 6.67. The third-order valence-electron chi connectivity index (χ3n) is 3.70. The largest absolute Gasteiger partial charge is 0.380 e. The molecule has 0 atom stereocenters. The van der Waals surface area contributed by atoms with E-state index in [1.807, 2.05) is 31.2 Å². The molecule has 0 radical (unpaired) electrons. The molecule has 2 aromatic carbocycles. The van der Waals surface area contributed by atoms with Gasteiger partial charge in [-0.05, 0) is 36.8 Å².